The van der Waals surface area contributed by atoms with Crippen LogP contribution in [0.25, 0.3) is 0 Å². The highest BCUT2D eigenvalue weighted by atomic mass is 79.9. The lowest BCUT2D eigenvalue weighted by Crippen LogP contribution is -2.37. The van der Waals surface area contributed by atoms with E-state index in [2.05, 4.69) is 26.2 Å². The molecule has 104 valence electrons. The van der Waals surface area contributed by atoms with Crippen molar-refractivity contribution >= 4 is 27.7 Å². The lowest BCUT2D eigenvalue weighted by Gasteiger charge is -2.26. The molecule has 1 saturated carbocycles. The Hall–Kier alpha value is -1.37. The van der Waals surface area contributed by atoms with Crippen molar-refractivity contribution in [1.29, 1.82) is 0 Å². The smallest absolute Gasteiger partial charge is 0.321 e. The first-order chi connectivity index (χ1) is 9.06. The summed E-state index contributed by atoms with van der Waals surface area (Å²) in [4.78, 5) is 24.4. The maximum absolute atomic E-state index is 11.9. The van der Waals surface area contributed by atoms with Gasteiger partial charge in [0, 0.05) is 17.9 Å². The second-order valence-electron chi connectivity index (χ2n) is 5.04. The van der Waals surface area contributed by atoms with Crippen molar-refractivity contribution < 1.29 is 9.72 Å². The zero-order valence-electron chi connectivity index (χ0n) is 10.4. The predicted molar refractivity (Wildman–Crippen MR) is 74.5 cm³/mol. The van der Waals surface area contributed by atoms with Gasteiger partial charge in [0.2, 0.25) is 0 Å². The third-order valence-electron chi connectivity index (χ3n) is 3.68. The number of H-pyrrole nitrogens is 1. The van der Waals surface area contributed by atoms with Gasteiger partial charge in [-0.1, -0.05) is 28.8 Å². The fourth-order valence-electron chi connectivity index (χ4n) is 2.47. The Morgan fingerprint density at radius 1 is 1.47 bits per heavy atom. The van der Waals surface area contributed by atoms with Gasteiger partial charge in [-0.05, 0) is 29.2 Å². The first kappa shape index (κ1) is 14.0. The number of halogens is 1. The van der Waals surface area contributed by atoms with Gasteiger partial charge in [-0.3, -0.25) is 4.79 Å². The Morgan fingerprint density at radius 3 is 2.68 bits per heavy atom. The van der Waals surface area contributed by atoms with Crippen molar-refractivity contribution in [2.24, 2.45) is 5.41 Å². The molecule has 6 nitrogen and oxygen atoms in total. The molecule has 0 aliphatic heterocycles. The van der Waals surface area contributed by atoms with Crippen molar-refractivity contribution in [3.63, 3.8) is 0 Å². The SMILES string of the molecule is O=C(NCC1(CBr)CCCC1)c1ccc([N+](=O)[O-])[nH]1. The van der Waals surface area contributed by atoms with Gasteiger partial charge in [-0.2, -0.15) is 0 Å². The Balaban J connectivity index is 1.95. The molecule has 2 rings (SSSR count). The molecule has 1 aliphatic rings. The third-order valence-corrected chi connectivity index (χ3v) is 4.87. The quantitative estimate of drug-likeness (QED) is 0.494. The number of aromatic amines is 1. The summed E-state index contributed by atoms with van der Waals surface area (Å²) in [6.45, 7) is 0.601. The summed E-state index contributed by atoms with van der Waals surface area (Å²) < 4.78 is 0. The van der Waals surface area contributed by atoms with Gasteiger partial charge < -0.3 is 15.4 Å². The van der Waals surface area contributed by atoms with Crippen LogP contribution >= 0.6 is 15.9 Å². The molecule has 1 amide bonds. The van der Waals surface area contributed by atoms with Crippen molar-refractivity contribution in [3.8, 4) is 0 Å². The molecule has 0 saturated heterocycles. The maximum atomic E-state index is 11.9. The van der Waals surface area contributed by atoms with Gasteiger partial charge in [0.25, 0.3) is 5.91 Å². The van der Waals surface area contributed by atoms with Crippen LogP contribution in [0.1, 0.15) is 36.2 Å². The minimum Gasteiger partial charge on any atom is -0.358 e. The molecule has 7 heteroatoms. The molecule has 1 aliphatic carbocycles. The monoisotopic (exact) mass is 329 g/mol. The Kier molecular flexibility index (Phi) is 4.24. The summed E-state index contributed by atoms with van der Waals surface area (Å²) in [6.07, 6.45) is 4.58. The van der Waals surface area contributed by atoms with E-state index >= 15 is 0 Å². The molecule has 1 aromatic rings. The van der Waals surface area contributed by atoms with Crippen molar-refractivity contribution in [2.75, 3.05) is 11.9 Å². The summed E-state index contributed by atoms with van der Waals surface area (Å²) in [6, 6.07) is 2.73. The number of nitrogens with zero attached hydrogens (tertiary/aromatic N) is 1. The van der Waals surface area contributed by atoms with Crippen LogP contribution in [0.3, 0.4) is 0 Å². The van der Waals surface area contributed by atoms with Gasteiger partial charge in [-0.15, -0.1) is 0 Å². The summed E-state index contributed by atoms with van der Waals surface area (Å²) in [5.41, 5.74) is 0.364. The Labute approximate surface area is 119 Å². The number of nitrogens with one attached hydrogen (secondary N) is 2. The van der Waals surface area contributed by atoms with E-state index in [1.807, 2.05) is 0 Å². The van der Waals surface area contributed by atoms with E-state index in [1.54, 1.807) is 0 Å². The second kappa shape index (κ2) is 5.73. The topological polar surface area (TPSA) is 88.0 Å². The van der Waals surface area contributed by atoms with E-state index in [1.165, 1.54) is 25.0 Å². The van der Waals surface area contributed by atoms with Crippen LogP contribution < -0.4 is 5.32 Å². The molecule has 0 radical (unpaired) electrons. The molecule has 1 aromatic heterocycles. The molecule has 0 spiro atoms. The third kappa shape index (κ3) is 3.15. The van der Waals surface area contributed by atoms with E-state index in [-0.39, 0.29) is 22.8 Å². The van der Waals surface area contributed by atoms with Crippen LogP contribution in [0.15, 0.2) is 12.1 Å². The van der Waals surface area contributed by atoms with Crippen molar-refractivity contribution in [2.45, 2.75) is 25.7 Å². The lowest BCUT2D eigenvalue weighted by atomic mass is 9.89. The molecule has 0 unspecified atom stereocenters. The number of aromatic nitrogens is 1. The van der Waals surface area contributed by atoms with E-state index in [9.17, 15) is 14.9 Å². The van der Waals surface area contributed by atoms with Crippen molar-refractivity contribution in [3.05, 3.63) is 27.9 Å². The normalized spacial score (nSPS) is 17.3. The number of carbonyl (C=O) groups excluding carboxylic acids is 1. The minimum atomic E-state index is -0.548. The maximum Gasteiger partial charge on any atom is 0.321 e. The average molecular weight is 330 g/mol. The summed E-state index contributed by atoms with van der Waals surface area (Å²) in [5, 5.41) is 14.3. The highest BCUT2D eigenvalue weighted by molar-refractivity contribution is 9.09. The molecule has 0 atom stereocenters. The number of nitro groups is 1. The second-order valence-corrected chi connectivity index (χ2v) is 5.60. The highest BCUT2D eigenvalue weighted by Gasteiger charge is 2.33. The predicted octanol–water partition coefficient (Wildman–Crippen LogP) is 2.61. The number of rotatable bonds is 5. The largest absolute Gasteiger partial charge is 0.358 e. The van der Waals surface area contributed by atoms with Gasteiger partial charge in [0.05, 0.1) is 0 Å². The molecule has 0 bridgehead atoms. The summed E-state index contributed by atoms with van der Waals surface area (Å²) in [5.74, 6) is -0.457. The number of alkyl halides is 1. The van der Waals surface area contributed by atoms with Crippen LogP contribution in [0.5, 0.6) is 0 Å². The summed E-state index contributed by atoms with van der Waals surface area (Å²) >= 11 is 3.51. The summed E-state index contributed by atoms with van der Waals surface area (Å²) in [7, 11) is 0. The fourth-order valence-corrected chi connectivity index (χ4v) is 3.23. The van der Waals surface area contributed by atoms with E-state index in [0.29, 0.717) is 6.54 Å². The highest BCUT2D eigenvalue weighted by Crippen LogP contribution is 2.38. The van der Waals surface area contributed by atoms with Crippen LogP contribution in [-0.2, 0) is 0 Å². The number of hydrogen-bond donors (Lipinski definition) is 2. The molecular weight excluding hydrogens is 314 g/mol. The fraction of sp³-hybridized carbons (Fsp3) is 0.583. The molecule has 1 fully saturated rings. The van der Waals surface area contributed by atoms with Gasteiger partial charge >= 0.3 is 5.82 Å². The van der Waals surface area contributed by atoms with Gasteiger partial charge in [0.1, 0.15) is 0 Å². The average Bonchev–Trinajstić information content (AvgIpc) is 3.06. The first-order valence-corrected chi connectivity index (χ1v) is 7.36. The zero-order chi connectivity index (χ0) is 13.9. The van der Waals surface area contributed by atoms with E-state index < -0.39 is 4.92 Å². The molecule has 2 N–H and O–H groups in total. The van der Waals surface area contributed by atoms with E-state index in [4.69, 9.17) is 0 Å². The lowest BCUT2D eigenvalue weighted by molar-refractivity contribution is -0.389. The Morgan fingerprint density at radius 2 is 2.16 bits per heavy atom. The van der Waals surface area contributed by atoms with Crippen molar-refractivity contribution in [1.82, 2.24) is 10.3 Å². The Bertz CT molecular complexity index is 480. The van der Waals surface area contributed by atoms with E-state index in [0.717, 1.165) is 18.2 Å². The first-order valence-electron chi connectivity index (χ1n) is 6.24. The standard InChI is InChI=1S/C12H16BrN3O3/c13-7-12(5-1-2-6-12)8-14-11(17)9-3-4-10(15-9)16(18)19/h3-4,15H,1-2,5-8H2,(H,14,17). The van der Waals surface area contributed by atoms with Crippen LogP contribution in [0.2, 0.25) is 0 Å². The number of amides is 1. The molecular formula is C12H16BrN3O3. The zero-order valence-corrected chi connectivity index (χ0v) is 12.0. The van der Waals surface area contributed by atoms with Gasteiger partial charge in [-0.25, -0.2) is 4.98 Å². The van der Waals surface area contributed by atoms with Crippen LogP contribution in [-0.4, -0.2) is 27.7 Å². The van der Waals surface area contributed by atoms with Gasteiger partial charge in [0.15, 0.2) is 5.69 Å². The van der Waals surface area contributed by atoms with Crippen LogP contribution in [0, 0.1) is 15.5 Å². The molecule has 1 heterocycles. The molecule has 0 aromatic carbocycles. The van der Waals surface area contributed by atoms with Crippen LogP contribution in [0.4, 0.5) is 5.82 Å². The number of hydrogen-bond acceptors (Lipinski definition) is 3. The molecule has 19 heavy (non-hydrogen) atoms. The number of carbonyl (C=O) groups is 1. The minimum absolute atomic E-state index is 0.133.